The van der Waals surface area contributed by atoms with E-state index >= 15 is 0 Å². The molecule has 2 aliphatic heterocycles. The van der Waals surface area contributed by atoms with Crippen molar-refractivity contribution < 1.29 is 77.4 Å². The third-order valence-corrected chi connectivity index (χ3v) is 18.4. The molecule has 8 N–H and O–H groups in total. The largest absolute Gasteiger partial charge is 0.507 e. The van der Waals surface area contributed by atoms with E-state index in [0.29, 0.717) is 35.6 Å². The van der Waals surface area contributed by atoms with Gasteiger partial charge in [0.2, 0.25) is 29.4 Å². The Morgan fingerprint density at radius 3 is 2.09 bits per heavy atom. The fraction of sp³-hybridized carbons (Fsp3) is 0.449. The lowest BCUT2D eigenvalue weighted by Gasteiger charge is -2.43. The minimum absolute atomic E-state index is 0.00122. The maximum Gasteiger partial charge on any atom is 0.409 e. The SMILES string of the molecule is COC1CN(C2CCO[C@@H](C)C2O)CCO1.COc1cccc2c1C(=O)c1c(O)c3c(c(O)c1C2=O)C[C@@H](C(=O)NCCCN(CCCNC(=O)CNC(=O)CNC(=O)CCNC(=O)c1ccc(C#N)c(SC(C)C)n1)C(=O)OCC1c2ccccc2-c2ccccc21)CC3. The number of methoxy groups -OCH3 is 2. The highest BCUT2D eigenvalue weighted by Gasteiger charge is 2.42. The number of morpholine rings is 1. The fourth-order valence-corrected chi connectivity index (χ4v) is 13.3. The number of hydrogen-bond donors (Lipinski definition) is 8. The van der Waals surface area contributed by atoms with Crippen LogP contribution in [0.4, 0.5) is 4.79 Å². The van der Waals surface area contributed by atoms with E-state index in [1.807, 2.05) is 69.3 Å². The Hall–Kier alpha value is -8.97. The second-order valence-electron chi connectivity index (χ2n) is 23.9. The molecule has 6 amide bonds. The van der Waals surface area contributed by atoms with Crippen LogP contribution in [0, 0.1) is 17.2 Å². The van der Waals surface area contributed by atoms with Crippen molar-refractivity contribution in [2.24, 2.45) is 5.92 Å². The summed E-state index contributed by atoms with van der Waals surface area (Å²) in [6, 6.07) is 25.6. The Kier molecular flexibility index (Phi) is 24.4. The number of aromatic hydroxyl groups is 2. The zero-order chi connectivity index (χ0) is 67.9. The van der Waals surface area contributed by atoms with Crippen LogP contribution in [0.2, 0.25) is 0 Å². The number of aliphatic hydroxyl groups excluding tert-OH is 1. The summed E-state index contributed by atoms with van der Waals surface area (Å²) in [5.74, 6) is -5.31. The number of ketones is 2. The van der Waals surface area contributed by atoms with Crippen molar-refractivity contribution in [3.05, 3.63) is 135 Å². The number of hydrogen-bond acceptors (Lipinski definition) is 20. The van der Waals surface area contributed by atoms with Gasteiger partial charge in [-0.15, -0.1) is 11.8 Å². The monoisotopic (exact) mass is 1320 g/mol. The van der Waals surface area contributed by atoms with Gasteiger partial charge in [-0.1, -0.05) is 74.5 Å². The van der Waals surface area contributed by atoms with Crippen LogP contribution in [0.5, 0.6) is 17.2 Å². The molecule has 3 heterocycles. The molecule has 2 fully saturated rings. The van der Waals surface area contributed by atoms with E-state index in [4.69, 9.17) is 23.7 Å². The maximum absolute atomic E-state index is 13.9. The van der Waals surface area contributed by atoms with Crippen LogP contribution < -0.4 is 31.3 Å². The molecule has 3 unspecified atom stereocenters. The Morgan fingerprint density at radius 2 is 1.41 bits per heavy atom. The van der Waals surface area contributed by atoms with Crippen molar-refractivity contribution in [2.45, 2.75) is 106 Å². The number of nitrogens with one attached hydrogen (secondary N) is 5. The number of aromatic nitrogens is 1. The number of fused-ring (bicyclic) bond motifs is 6. The quantitative estimate of drug-likeness (QED) is 0.0227. The van der Waals surface area contributed by atoms with E-state index in [0.717, 1.165) is 48.4 Å². The van der Waals surface area contributed by atoms with Crippen molar-refractivity contribution in [2.75, 3.05) is 92.9 Å². The third-order valence-electron chi connectivity index (χ3n) is 17.4. The van der Waals surface area contributed by atoms with E-state index in [1.165, 1.54) is 48.0 Å². The fourth-order valence-electron chi connectivity index (χ4n) is 12.5. The van der Waals surface area contributed by atoms with Gasteiger partial charge in [-0.05, 0) is 85.9 Å². The highest BCUT2D eigenvalue weighted by Crippen LogP contribution is 2.48. The standard InChI is InChI=1S/C58H60N8O12S.C11H21NO4/c1-32(2)79-57-34(28-59)18-20-43(65-57)56(75)62-24-21-45(67)63-30-47(69)64-29-46(68)60-22-9-25-66(58(76)78-31-42-37-13-6-4-11-35(37)36-12-5-7-14-38(36)42)26-10-23-61-55(74)33-17-19-39-41(27-33)53(72)49-50(51(39)70)54(73)48-40(52(49)71)15-8-16-44(48)77-3;1-8-11(13)9(3-5-15-8)12-4-6-16-10(7-12)14-2/h4-8,11-16,18,20,32-33,42,70,72H,9-10,17,19,21-27,29-31H2,1-3H3,(H,60,68)(H,61,74)(H,62,75)(H,63,67)(H,64,69);8-11,13H,3-7H2,1-2H3/t33-;8-,9?,10?,11?/m00/s1. The summed E-state index contributed by atoms with van der Waals surface area (Å²) < 4.78 is 27.4. The Bertz CT molecular complexity index is 3680. The number of carbonyl (C=O) groups is 8. The number of phenols is 2. The molecule has 3 aliphatic carbocycles. The van der Waals surface area contributed by atoms with Crippen molar-refractivity contribution in [3.63, 3.8) is 0 Å². The first-order valence-electron chi connectivity index (χ1n) is 31.9. The van der Waals surface area contributed by atoms with Crippen LogP contribution in [0.1, 0.15) is 129 Å². The third kappa shape index (κ3) is 16.9. The molecule has 10 rings (SSSR count). The molecule has 0 spiro atoms. The summed E-state index contributed by atoms with van der Waals surface area (Å²) in [7, 11) is 3.02. The van der Waals surface area contributed by atoms with Crippen molar-refractivity contribution in [1.82, 2.24) is 41.4 Å². The van der Waals surface area contributed by atoms with Crippen LogP contribution in [-0.2, 0) is 51.0 Å². The van der Waals surface area contributed by atoms with Gasteiger partial charge in [0.1, 0.15) is 40.6 Å². The number of aliphatic hydroxyl groups is 1. The van der Waals surface area contributed by atoms with Gasteiger partial charge in [-0.2, -0.15) is 5.26 Å². The Balaban J connectivity index is 0.000000576. The minimum atomic E-state index is -0.647. The zero-order valence-electron chi connectivity index (χ0n) is 53.8. The summed E-state index contributed by atoms with van der Waals surface area (Å²) >= 11 is 1.35. The lowest BCUT2D eigenvalue weighted by molar-refractivity contribution is -0.190. The number of nitrogens with zero attached hydrogens (tertiary/aromatic N) is 4. The number of pyridine rings is 1. The molecule has 0 saturated carbocycles. The molecule has 4 aromatic carbocycles. The molecule has 5 aromatic rings. The lowest BCUT2D eigenvalue weighted by atomic mass is 9.75. The first-order valence-corrected chi connectivity index (χ1v) is 32.8. The maximum atomic E-state index is 13.9. The second-order valence-corrected chi connectivity index (χ2v) is 25.4. The van der Waals surface area contributed by atoms with Gasteiger partial charge < -0.3 is 70.5 Å². The van der Waals surface area contributed by atoms with Gasteiger partial charge in [0, 0.05) is 106 Å². The predicted molar refractivity (Wildman–Crippen MR) is 348 cm³/mol. The normalized spacial score (nSPS) is 18.6. The minimum Gasteiger partial charge on any atom is -0.507 e. The Labute approximate surface area is 554 Å². The number of thioether (sulfide) groups is 1. The highest BCUT2D eigenvalue weighted by molar-refractivity contribution is 7.99. The van der Waals surface area contributed by atoms with Crippen LogP contribution >= 0.6 is 11.8 Å². The molecule has 2 saturated heterocycles. The number of phenolic OH excluding ortho intramolecular Hbond substituents is 2. The molecule has 5 aliphatic rings. The number of carbonyl (C=O) groups excluding carboxylic acids is 8. The molecule has 95 heavy (non-hydrogen) atoms. The van der Waals surface area contributed by atoms with Crippen molar-refractivity contribution in [3.8, 4) is 34.4 Å². The number of amides is 6. The van der Waals surface area contributed by atoms with Gasteiger partial charge in [0.25, 0.3) is 5.91 Å². The van der Waals surface area contributed by atoms with E-state index in [9.17, 15) is 58.9 Å². The molecule has 0 radical (unpaired) electrons. The summed E-state index contributed by atoms with van der Waals surface area (Å²) in [5.41, 5.74) is 4.63. The van der Waals surface area contributed by atoms with Gasteiger partial charge in [0.15, 0.2) is 12.1 Å². The van der Waals surface area contributed by atoms with Gasteiger partial charge >= 0.3 is 6.09 Å². The van der Waals surface area contributed by atoms with E-state index in [1.54, 1.807) is 13.2 Å². The molecular formula is C69H81N9O16S. The summed E-state index contributed by atoms with van der Waals surface area (Å²) in [6.45, 7) is 8.62. The second kappa shape index (κ2) is 32.9. The van der Waals surface area contributed by atoms with Crippen molar-refractivity contribution in [1.29, 1.82) is 5.26 Å². The Morgan fingerprint density at radius 1 is 0.758 bits per heavy atom. The van der Waals surface area contributed by atoms with Crippen LogP contribution in [0.3, 0.4) is 0 Å². The number of nitriles is 1. The van der Waals surface area contributed by atoms with Gasteiger partial charge in [0.05, 0.1) is 61.3 Å². The topological polar surface area (TPSA) is 347 Å². The van der Waals surface area contributed by atoms with E-state index in [2.05, 4.69) is 42.5 Å². The smallest absolute Gasteiger partial charge is 0.409 e. The summed E-state index contributed by atoms with van der Waals surface area (Å²) in [4.78, 5) is 113. The molecule has 1 aromatic heterocycles. The average molecular weight is 1320 g/mol. The van der Waals surface area contributed by atoms with Crippen molar-refractivity contribution >= 4 is 59.0 Å². The first-order chi connectivity index (χ1) is 45.8. The predicted octanol–water partition coefficient (Wildman–Crippen LogP) is 4.90. The molecule has 0 bridgehead atoms. The van der Waals surface area contributed by atoms with E-state index < -0.39 is 71.4 Å². The molecular weight excluding hydrogens is 1240 g/mol. The average Bonchev–Trinajstić information content (AvgIpc) is 1.41. The number of benzene rings is 4. The molecule has 5 atom stereocenters. The molecule has 26 heteroatoms. The summed E-state index contributed by atoms with van der Waals surface area (Å²) in [5, 5.41) is 56.1. The first kappa shape index (κ1) is 70.3. The van der Waals surface area contributed by atoms with Gasteiger partial charge in [-0.25, -0.2) is 9.78 Å². The zero-order valence-corrected chi connectivity index (χ0v) is 54.6. The van der Waals surface area contributed by atoms with E-state index in [-0.39, 0.29) is 146 Å². The lowest BCUT2D eigenvalue weighted by Crippen LogP contribution is -2.57. The highest BCUT2D eigenvalue weighted by atomic mass is 32.2. The molecule has 25 nitrogen and oxygen atoms in total. The number of ether oxygens (including phenoxy) is 5. The van der Waals surface area contributed by atoms with Gasteiger partial charge in [-0.3, -0.25) is 38.5 Å². The van der Waals surface area contributed by atoms with Crippen LogP contribution in [-0.4, -0.2) is 200 Å². The molecule has 504 valence electrons. The number of rotatable bonds is 24. The van der Waals surface area contributed by atoms with Crippen LogP contribution in [0.15, 0.2) is 83.9 Å². The van der Waals surface area contributed by atoms with Crippen LogP contribution in [0.25, 0.3) is 11.1 Å². The summed E-state index contributed by atoms with van der Waals surface area (Å²) in [6.07, 6.45) is 0.551.